The number of fused-ring (bicyclic) bond motifs is 1. The third-order valence-electron chi connectivity index (χ3n) is 7.32. The van der Waals surface area contributed by atoms with Crippen molar-refractivity contribution in [3.8, 4) is 22.8 Å². The molecule has 1 aromatic heterocycles. The van der Waals surface area contributed by atoms with Crippen LogP contribution in [0.25, 0.3) is 11.3 Å². The Bertz CT molecular complexity index is 1670. The summed E-state index contributed by atoms with van der Waals surface area (Å²) in [4.78, 5) is 42.5. The van der Waals surface area contributed by atoms with Gasteiger partial charge in [-0.05, 0) is 82.0 Å². The standard InChI is InChI=1S/C33H36F2N4O7.C3H8.3H2/c1-20-8-11-26(39-29(41)32(12-13-32)23-9-10-24-25(19-23)45-33(34,35)44-24)38-27(20)21-6-5-7-22(18-21)28(40)36-14-16-43-17-15-37-30(42)46-31(2,3)4;1-3-2;;;/h5-11,18-19H,12-17H2,1-4H3,(H,36,40)(H,37,42)(H,38,39,41);3H2,1-2H3;3*1H. The van der Waals surface area contributed by atoms with Gasteiger partial charge in [-0.25, -0.2) is 9.78 Å². The van der Waals surface area contributed by atoms with E-state index in [9.17, 15) is 23.2 Å². The maximum absolute atomic E-state index is 13.5. The number of alkyl halides is 2. The number of alkyl carbamates (subject to hydrolysis) is 1. The second kappa shape index (κ2) is 15.6. The van der Waals surface area contributed by atoms with Crippen LogP contribution in [0, 0.1) is 6.92 Å². The van der Waals surface area contributed by atoms with Crippen LogP contribution < -0.4 is 25.4 Å². The minimum atomic E-state index is -3.74. The van der Waals surface area contributed by atoms with Gasteiger partial charge in [-0.3, -0.25) is 9.59 Å². The quantitative estimate of drug-likeness (QED) is 0.177. The first-order valence-corrected chi connectivity index (χ1v) is 16.3. The average Bonchev–Trinajstić information content (AvgIpc) is 3.78. The number of halogens is 2. The molecule has 49 heavy (non-hydrogen) atoms. The molecule has 0 bridgehead atoms. The fourth-order valence-electron chi connectivity index (χ4n) is 4.93. The number of anilines is 1. The van der Waals surface area contributed by atoms with E-state index in [-0.39, 0.29) is 53.9 Å². The Kier molecular flexibility index (Phi) is 11.8. The summed E-state index contributed by atoms with van der Waals surface area (Å²) in [5.41, 5.74) is 1.61. The molecule has 2 heterocycles. The molecule has 13 heteroatoms. The van der Waals surface area contributed by atoms with E-state index in [0.29, 0.717) is 41.0 Å². The van der Waals surface area contributed by atoms with Crippen LogP contribution in [0.1, 0.15) is 79.6 Å². The summed E-state index contributed by atoms with van der Waals surface area (Å²) in [5, 5.41) is 8.28. The van der Waals surface area contributed by atoms with Crippen molar-refractivity contribution in [3.63, 3.8) is 0 Å². The normalized spacial score (nSPS) is 14.9. The van der Waals surface area contributed by atoms with Gasteiger partial charge in [0.1, 0.15) is 11.4 Å². The molecular weight excluding hydrogens is 638 g/mol. The fraction of sp³-hybridized carbons (Fsp3) is 0.444. The monoisotopic (exact) mass is 688 g/mol. The van der Waals surface area contributed by atoms with Crippen molar-refractivity contribution in [2.75, 3.05) is 31.6 Å². The maximum atomic E-state index is 13.5. The SMILES string of the molecule is CCC.Cc1ccc(NC(=O)C2(c3ccc4c(c3)OC(F)(F)O4)CC2)nc1-c1cccc(C(=O)NCCOCCNC(=O)OC(C)(C)C)c1.[HH].[HH].[HH]. The Morgan fingerprint density at radius 1 is 0.939 bits per heavy atom. The number of hydrogen-bond acceptors (Lipinski definition) is 8. The lowest BCUT2D eigenvalue weighted by molar-refractivity contribution is -0.286. The summed E-state index contributed by atoms with van der Waals surface area (Å²) < 4.78 is 46.7. The number of benzene rings is 2. The summed E-state index contributed by atoms with van der Waals surface area (Å²) in [6.45, 7) is 12.5. The summed E-state index contributed by atoms with van der Waals surface area (Å²) in [6.07, 6.45) is -1.93. The number of hydrogen-bond donors (Lipinski definition) is 3. The van der Waals surface area contributed by atoms with Crippen LogP contribution >= 0.6 is 0 Å². The second-order valence-corrected chi connectivity index (χ2v) is 12.8. The van der Waals surface area contributed by atoms with Gasteiger partial charge in [-0.2, -0.15) is 0 Å². The molecule has 11 nitrogen and oxygen atoms in total. The molecular formula is C36H50F2N4O7. The number of nitrogens with zero attached hydrogens (tertiary/aromatic N) is 1. The molecule has 0 atom stereocenters. The number of pyridine rings is 1. The van der Waals surface area contributed by atoms with Crippen LogP contribution in [-0.4, -0.2) is 61.1 Å². The summed E-state index contributed by atoms with van der Waals surface area (Å²) in [6, 6.07) is 14.9. The molecule has 0 spiro atoms. The van der Waals surface area contributed by atoms with Gasteiger partial charge in [0.15, 0.2) is 11.5 Å². The largest absolute Gasteiger partial charge is 0.586 e. The van der Waals surface area contributed by atoms with E-state index in [2.05, 4.69) is 44.3 Å². The predicted molar refractivity (Wildman–Crippen MR) is 186 cm³/mol. The van der Waals surface area contributed by atoms with Gasteiger partial charge in [-0.1, -0.05) is 44.5 Å². The zero-order chi connectivity index (χ0) is 35.8. The summed E-state index contributed by atoms with van der Waals surface area (Å²) in [7, 11) is 0. The van der Waals surface area contributed by atoms with E-state index < -0.39 is 23.4 Å². The highest BCUT2D eigenvalue weighted by Gasteiger charge is 2.53. The van der Waals surface area contributed by atoms with E-state index >= 15 is 0 Å². The molecule has 3 aromatic rings. The lowest BCUT2D eigenvalue weighted by Gasteiger charge is -2.19. The molecule has 3 N–H and O–H groups in total. The highest BCUT2D eigenvalue weighted by Crippen LogP contribution is 2.52. The zero-order valence-electron chi connectivity index (χ0n) is 28.7. The second-order valence-electron chi connectivity index (χ2n) is 12.8. The predicted octanol–water partition coefficient (Wildman–Crippen LogP) is 7.47. The Morgan fingerprint density at radius 3 is 2.29 bits per heavy atom. The van der Waals surface area contributed by atoms with Crippen molar-refractivity contribution in [1.82, 2.24) is 15.6 Å². The number of carbonyl (C=O) groups excluding carboxylic acids is 3. The van der Waals surface area contributed by atoms with Crippen LogP contribution in [-0.2, 0) is 19.7 Å². The van der Waals surface area contributed by atoms with Gasteiger partial charge in [-0.15, -0.1) is 8.78 Å². The van der Waals surface area contributed by atoms with E-state index in [1.165, 1.54) is 18.6 Å². The van der Waals surface area contributed by atoms with Gasteiger partial charge in [0.05, 0.1) is 24.3 Å². The van der Waals surface area contributed by atoms with Crippen LogP contribution in [0.2, 0.25) is 0 Å². The number of carbonyl (C=O) groups is 3. The number of nitrogens with one attached hydrogen (secondary N) is 3. The van der Waals surface area contributed by atoms with Crippen LogP contribution in [0.3, 0.4) is 0 Å². The number of aromatic nitrogens is 1. The molecule has 0 unspecified atom stereocenters. The number of ether oxygens (including phenoxy) is 4. The van der Waals surface area contributed by atoms with Crippen molar-refractivity contribution >= 4 is 23.7 Å². The Balaban J connectivity index is 0.00000218. The smallest absolute Gasteiger partial charge is 0.444 e. The third kappa shape index (κ3) is 10.1. The molecule has 1 saturated carbocycles. The third-order valence-corrected chi connectivity index (χ3v) is 7.32. The Labute approximate surface area is 289 Å². The first-order chi connectivity index (χ1) is 23.2. The lowest BCUT2D eigenvalue weighted by atomic mass is 9.94. The molecule has 2 aliphatic rings. The Morgan fingerprint density at radius 2 is 1.61 bits per heavy atom. The molecule has 1 fully saturated rings. The first-order valence-electron chi connectivity index (χ1n) is 16.3. The van der Waals surface area contributed by atoms with Gasteiger partial charge >= 0.3 is 12.4 Å². The van der Waals surface area contributed by atoms with Gasteiger partial charge in [0.2, 0.25) is 5.91 Å². The summed E-state index contributed by atoms with van der Waals surface area (Å²) >= 11 is 0. The number of aryl methyl sites for hydroxylation is 1. The maximum Gasteiger partial charge on any atom is 0.586 e. The number of amides is 3. The minimum Gasteiger partial charge on any atom is -0.444 e. The highest BCUT2D eigenvalue weighted by molar-refractivity contribution is 6.01. The zero-order valence-corrected chi connectivity index (χ0v) is 28.7. The van der Waals surface area contributed by atoms with Crippen molar-refractivity contribution in [2.45, 2.75) is 78.1 Å². The number of rotatable bonds is 11. The first kappa shape index (κ1) is 37.0. The van der Waals surface area contributed by atoms with E-state index in [1.807, 2.05) is 19.1 Å². The van der Waals surface area contributed by atoms with Gasteiger partial charge in [0.25, 0.3) is 5.91 Å². The van der Waals surface area contributed by atoms with Crippen molar-refractivity contribution < 1.29 is 46.4 Å². The van der Waals surface area contributed by atoms with Crippen LogP contribution in [0.4, 0.5) is 19.4 Å². The molecule has 270 valence electrons. The fourth-order valence-corrected chi connectivity index (χ4v) is 4.93. The van der Waals surface area contributed by atoms with Gasteiger partial charge in [0, 0.05) is 28.5 Å². The van der Waals surface area contributed by atoms with Crippen LogP contribution in [0.15, 0.2) is 54.6 Å². The molecule has 1 aliphatic heterocycles. The van der Waals surface area contributed by atoms with E-state index in [0.717, 1.165) is 5.56 Å². The highest BCUT2D eigenvalue weighted by atomic mass is 19.3. The van der Waals surface area contributed by atoms with Crippen molar-refractivity contribution in [2.24, 2.45) is 0 Å². The molecule has 5 rings (SSSR count). The summed E-state index contributed by atoms with van der Waals surface area (Å²) in [5.74, 6) is -0.476. The lowest BCUT2D eigenvalue weighted by Crippen LogP contribution is -2.34. The molecule has 0 radical (unpaired) electrons. The average molecular weight is 689 g/mol. The van der Waals surface area contributed by atoms with Crippen molar-refractivity contribution in [3.05, 3.63) is 71.3 Å². The topological polar surface area (TPSA) is 137 Å². The van der Waals surface area contributed by atoms with Crippen molar-refractivity contribution in [1.29, 1.82) is 0 Å². The molecule has 1 aliphatic carbocycles. The van der Waals surface area contributed by atoms with Crippen LogP contribution in [0.5, 0.6) is 11.5 Å². The molecule has 3 amide bonds. The minimum absolute atomic E-state index is 0. The molecule has 2 aromatic carbocycles. The van der Waals surface area contributed by atoms with E-state index in [4.69, 9.17) is 9.47 Å². The Hall–Kier alpha value is -4.78. The van der Waals surface area contributed by atoms with Gasteiger partial charge < -0.3 is 34.9 Å². The van der Waals surface area contributed by atoms with E-state index in [1.54, 1.807) is 51.1 Å². The molecule has 0 saturated heterocycles.